The Balaban J connectivity index is 0.707. The highest BCUT2D eigenvalue weighted by Gasteiger charge is 2.38. The van der Waals surface area contributed by atoms with Crippen LogP contribution in [0.2, 0.25) is 0 Å². The molecule has 0 unspecified atom stereocenters. The largest absolute Gasteiger partial charge is 0.327 e. The molecule has 0 amide bonds. The molecule has 2 heterocycles. The van der Waals surface area contributed by atoms with E-state index >= 15 is 0 Å². The molecule has 0 bridgehead atoms. The minimum atomic E-state index is -0.264. The first-order valence-electron chi connectivity index (χ1n) is 34.3. The standard InChI is InChI=1S/C94H66N4/c1-93(2)83-30-16-15-28-77(83)78-41-36-57(53-85(78)93)61-44-60(55-34-39-75-71-24-9-7-20-67(71)69-22-11-13-26-73(69)80(75)50-55)45-62(46-61)58-37-42-79-82-52-59(38-43-84(82)94(3,4)86(79)54-58)66-29-19-33-89-90(66)96-92(98(89)6)65-48-63(47-64(49-65)91-95-87-31-17-18-32-88(87)97(91)5)56-35-40-76-72-25-10-8-21-68(72)70-23-12-14-27-74(70)81(76)51-56/h7-54H,1-6H3. The zero-order valence-electron chi connectivity index (χ0n) is 55.5. The zero-order valence-corrected chi connectivity index (χ0v) is 55.5. The number of aromatic nitrogens is 4. The van der Waals surface area contributed by atoms with Gasteiger partial charge in [-0.3, -0.25) is 0 Å². The van der Waals surface area contributed by atoms with Crippen LogP contribution in [0.15, 0.2) is 291 Å². The normalized spacial score (nSPS) is 13.6. The average Bonchev–Trinajstić information content (AvgIpc) is 1.03. The summed E-state index contributed by atoms with van der Waals surface area (Å²) in [7, 11) is 4.29. The van der Waals surface area contributed by atoms with Crippen molar-refractivity contribution in [3.8, 4) is 101 Å². The van der Waals surface area contributed by atoms with Crippen LogP contribution in [-0.2, 0) is 24.9 Å². The Kier molecular flexibility index (Phi) is 11.9. The van der Waals surface area contributed by atoms with E-state index in [1.54, 1.807) is 0 Å². The van der Waals surface area contributed by atoms with Crippen LogP contribution in [0.4, 0.5) is 0 Å². The monoisotopic (exact) mass is 1250 g/mol. The maximum Gasteiger partial charge on any atom is 0.140 e. The van der Waals surface area contributed by atoms with Crippen molar-refractivity contribution in [1.82, 2.24) is 19.1 Å². The Hall–Kier alpha value is -12.0. The molecule has 4 nitrogen and oxygen atoms in total. The lowest BCUT2D eigenvalue weighted by Crippen LogP contribution is -2.15. The lowest BCUT2D eigenvalue weighted by atomic mass is 9.80. The highest BCUT2D eigenvalue weighted by atomic mass is 15.1. The number of hydrogen-bond donors (Lipinski definition) is 0. The van der Waals surface area contributed by atoms with Gasteiger partial charge in [-0.25, -0.2) is 9.97 Å². The molecule has 0 radical (unpaired) electrons. The van der Waals surface area contributed by atoms with Gasteiger partial charge in [0.2, 0.25) is 0 Å². The van der Waals surface area contributed by atoms with Gasteiger partial charge in [0.05, 0.1) is 22.1 Å². The summed E-state index contributed by atoms with van der Waals surface area (Å²) in [6.07, 6.45) is 0. The maximum atomic E-state index is 5.70. The number of hydrogen-bond acceptors (Lipinski definition) is 2. The quantitative estimate of drug-likeness (QED) is 0.149. The molecule has 0 N–H and O–H groups in total. The van der Waals surface area contributed by atoms with Crippen LogP contribution in [0.5, 0.6) is 0 Å². The molecular formula is C94H66N4. The molecule has 2 aliphatic rings. The van der Waals surface area contributed by atoms with Gasteiger partial charge in [0.25, 0.3) is 0 Å². The molecule has 4 heteroatoms. The van der Waals surface area contributed by atoms with Crippen molar-refractivity contribution in [2.24, 2.45) is 14.1 Å². The van der Waals surface area contributed by atoms with Gasteiger partial charge >= 0.3 is 0 Å². The summed E-state index contributed by atoms with van der Waals surface area (Å²) in [5.41, 5.74) is 28.1. The molecule has 0 saturated heterocycles. The van der Waals surface area contributed by atoms with Crippen molar-refractivity contribution in [3.05, 3.63) is 313 Å². The summed E-state index contributed by atoms with van der Waals surface area (Å²) < 4.78 is 4.50. The SMILES string of the molecule is Cn1c(-c2cc(-c3ccc4c5ccccc5c5ccccc5c4c3)cc(-c3nc4c(-c5ccc6c(c5)-c5ccc(-c7cc(-c8ccc9c(c8)C(C)(C)c8ccccc8-9)cc(-c8ccc9c%10ccccc%10c%10ccccc%10c9c8)c7)cc5C6(C)C)cccc4n3C)c2)nc2ccccc21. The predicted molar refractivity (Wildman–Crippen MR) is 413 cm³/mol. The lowest BCUT2D eigenvalue weighted by molar-refractivity contribution is 0.660. The second-order valence-corrected chi connectivity index (χ2v) is 28.5. The van der Waals surface area contributed by atoms with Crippen molar-refractivity contribution in [2.45, 2.75) is 38.5 Å². The third-order valence-corrected chi connectivity index (χ3v) is 22.5. The van der Waals surface area contributed by atoms with Gasteiger partial charge in [0, 0.05) is 41.6 Å². The summed E-state index contributed by atoms with van der Waals surface area (Å²) in [6.45, 7) is 9.57. The Bertz CT molecular complexity index is 6450. The van der Waals surface area contributed by atoms with Gasteiger partial charge in [-0.1, -0.05) is 234 Å². The molecule has 98 heavy (non-hydrogen) atoms. The number of rotatable bonds is 7. The topological polar surface area (TPSA) is 35.6 Å². The van der Waals surface area contributed by atoms with Crippen molar-refractivity contribution in [2.75, 3.05) is 0 Å². The van der Waals surface area contributed by atoms with Crippen LogP contribution in [0, 0.1) is 0 Å². The van der Waals surface area contributed by atoms with Crippen LogP contribution in [0.3, 0.4) is 0 Å². The van der Waals surface area contributed by atoms with Gasteiger partial charge in [-0.2, -0.15) is 0 Å². The molecule has 0 aliphatic heterocycles. The number of imidazole rings is 2. The molecule has 16 aromatic carbocycles. The first-order valence-corrected chi connectivity index (χ1v) is 34.3. The fraction of sp³-hybridized carbons (Fsp3) is 0.0851. The molecule has 18 aromatic rings. The molecule has 0 atom stereocenters. The number of benzene rings is 16. The smallest absolute Gasteiger partial charge is 0.140 e. The summed E-state index contributed by atoms with van der Waals surface area (Å²) >= 11 is 0. The van der Waals surface area contributed by atoms with Crippen molar-refractivity contribution >= 4 is 86.7 Å². The van der Waals surface area contributed by atoms with Crippen LogP contribution in [0.1, 0.15) is 49.9 Å². The fourth-order valence-corrected chi connectivity index (χ4v) is 17.4. The minimum Gasteiger partial charge on any atom is -0.327 e. The number of aryl methyl sites for hydroxylation is 2. The Morgan fingerprint density at radius 2 is 0.582 bits per heavy atom. The lowest BCUT2D eigenvalue weighted by Gasteiger charge is -2.23. The molecule has 0 saturated carbocycles. The first kappa shape index (κ1) is 56.4. The van der Waals surface area contributed by atoms with Crippen molar-refractivity contribution < 1.29 is 0 Å². The van der Waals surface area contributed by atoms with Gasteiger partial charge in [0.1, 0.15) is 11.6 Å². The van der Waals surface area contributed by atoms with Crippen LogP contribution in [0.25, 0.3) is 187 Å². The molecular weight excluding hydrogens is 1190 g/mol. The van der Waals surface area contributed by atoms with Crippen LogP contribution in [-0.4, -0.2) is 19.1 Å². The van der Waals surface area contributed by atoms with Crippen molar-refractivity contribution in [3.63, 3.8) is 0 Å². The Labute approximate surface area is 569 Å². The van der Waals surface area contributed by atoms with Gasteiger partial charge in [-0.15, -0.1) is 0 Å². The number of fused-ring (bicyclic) bond motifs is 20. The zero-order chi connectivity index (χ0) is 65.4. The predicted octanol–water partition coefficient (Wildman–Crippen LogP) is 24.7. The van der Waals surface area contributed by atoms with E-state index in [9.17, 15) is 0 Å². The van der Waals surface area contributed by atoms with E-state index in [4.69, 9.17) is 9.97 Å². The van der Waals surface area contributed by atoms with E-state index in [0.717, 1.165) is 67.1 Å². The molecule has 20 rings (SSSR count). The van der Waals surface area contributed by atoms with E-state index in [0.29, 0.717) is 0 Å². The Morgan fingerprint density at radius 1 is 0.224 bits per heavy atom. The molecule has 462 valence electrons. The number of nitrogens with zero attached hydrogens (tertiary/aromatic N) is 4. The summed E-state index contributed by atoms with van der Waals surface area (Å²) in [5, 5.41) is 15.2. The van der Waals surface area contributed by atoms with Crippen LogP contribution >= 0.6 is 0 Å². The highest BCUT2D eigenvalue weighted by Crippen LogP contribution is 2.54. The van der Waals surface area contributed by atoms with E-state index in [2.05, 4.69) is 342 Å². The summed E-state index contributed by atoms with van der Waals surface area (Å²) in [6, 6.07) is 109. The second kappa shape index (κ2) is 20.8. The van der Waals surface area contributed by atoms with E-state index in [1.807, 2.05) is 0 Å². The third kappa shape index (κ3) is 8.25. The minimum absolute atomic E-state index is 0.125. The first-order chi connectivity index (χ1) is 47.9. The van der Waals surface area contributed by atoms with E-state index < -0.39 is 0 Å². The molecule has 2 aliphatic carbocycles. The maximum absolute atomic E-state index is 5.70. The number of para-hydroxylation sites is 3. The third-order valence-electron chi connectivity index (χ3n) is 22.5. The van der Waals surface area contributed by atoms with Gasteiger partial charge in [-0.05, 0) is 244 Å². The van der Waals surface area contributed by atoms with Crippen molar-refractivity contribution in [1.29, 1.82) is 0 Å². The Morgan fingerprint density at radius 3 is 1.11 bits per heavy atom. The summed E-state index contributed by atoms with van der Waals surface area (Å²) in [4.78, 5) is 11.0. The summed E-state index contributed by atoms with van der Waals surface area (Å²) in [5.74, 6) is 1.81. The average molecular weight is 1250 g/mol. The molecule has 0 fully saturated rings. The van der Waals surface area contributed by atoms with Crippen LogP contribution < -0.4 is 0 Å². The van der Waals surface area contributed by atoms with E-state index in [1.165, 1.54) is 143 Å². The molecule has 2 aromatic heterocycles. The van der Waals surface area contributed by atoms with Gasteiger partial charge in [0.15, 0.2) is 0 Å². The molecule has 0 spiro atoms. The van der Waals surface area contributed by atoms with E-state index in [-0.39, 0.29) is 10.8 Å². The second-order valence-electron chi connectivity index (χ2n) is 28.5. The highest BCUT2D eigenvalue weighted by molar-refractivity contribution is 6.27. The van der Waals surface area contributed by atoms with Gasteiger partial charge < -0.3 is 9.13 Å². The fourth-order valence-electron chi connectivity index (χ4n) is 17.4.